The van der Waals surface area contributed by atoms with E-state index in [1.165, 1.54) is 32.1 Å². The number of carbonyl (C=O) groups is 1. The first-order chi connectivity index (χ1) is 8.74. The first kappa shape index (κ1) is 15.0. The molecule has 102 valence electrons. The molecule has 1 saturated carbocycles. The van der Waals surface area contributed by atoms with Gasteiger partial charge in [0, 0.05) is 6.54 Å². The number of ether oxygens (including phenoxy) is 1. The number of nitrogens with one attached hydrogen (secondary N) is 2. The Morgan fingerprint density at radius 3 is 2.83 bits per heavy atom. The second kappa shape index (κ2) is 8.96. The molecule has 1 atom stereocenters. The zero-order valence-electron chi connectivity index (χ0n) is 11.2. The van der Waals surface area contributed by atoms with Gasteiger partial charge in [-0.25, -0.2) is 0 Å². The molecule has 1 rings (SSSR count). The van der Waals surface area contributed by atoms with Gasteiger partial charge in [0.1, 0.15) is 0 Å². The van der Waals surface area contributed by atoms with E-state index in [0.29, 0.717) is 19.3 Å². The third-order valence-electron chi connectivity index (χ3n) is 3.22. The van der Waals surface area contributed by atoms with Crippen LogP contribution in [-0.2, 0) is 9.53 Å². The smallest absolute Gasteiger partial charge is 0.237 e. The Hall–Kier alpha value is -1.05. The van der Waals surface area contributed by atoms with Gasteiger partial charge in [0.2, 0.25) is 5.91 Å². The molecule has 0 aromatic rings. The lowest BCUT2D eigenvalue weighted by Gasteiger charge is -2.22. The van der Waals surface area contributed by atoms with Crippen molar-refractivity contribution in [1.82, 2.24) is 10.6 Å². The lowest BCUT2D eigenvalue weighted by molar-refractivity contribution is -0.122. The van der Waals surface area contributed by atoms with Crippen LogP contribution in [0.1, 0.15) is 39.0 Å². The average molecular weight is 252 g/mol. The molecule has 0 aromatic carbocycles. The first-order valence-electron chi connectivity index (χ1n) is 6.80. The topological polar surface area (TPSA) is 50.4 Å². The second-order valence-corrected chi connectivity index (χ2v) is 4.73. The highest BCUT2D eigenvalue weighted by Crippen LogP contribution is 2.19. The number of hydrogen-bond donors (Lipinski definition) is 2. The molecule has 4 heteroatoms. The van der Waals surface area contributed by atoms with Gasteiger partial charge in [0.25, 0.3) is 0 Å². The van der Waals surface area contributed by atoms with Gasteiger partial charge >= 0.3 is 0 Å². The van der Waals surface area contributed by atoms with E-state index in [1.54, 1.807) is 0 Å². The molecule has 0 spiro atoms. The summed E-state index contributed by atoms with van der Waals surface area (Å²) in [6, 6.07) is -0.228. The summed E-state index contributed by atoms with van der Waals surface area (Å²) in [6.45, 7) is 3.47. The van der Waals surface area contributed by atoms with Gasteiger partial charge in [-0.05, 0) is 19.8 Å². The van der Waals surface area contributed by atoms with Crippen LogP contribution < -0.4 is 10.6 Å². The molecule has 1 amide bonds. The van der Waals surface area contributed by atoms with Crippen LogP contribution in [0.15, 0.2) is 0 Å². The molecule has 0 heterocycles. The minimum Gasteiger partial charge on any atom is -0.377 e. The zero-order chi connectivity index (χ0) is 13.2. The van der Waals surface area contributed by atoms with Gasteiger partial charge in [0.05, 0.1) is 25.3 Å². The predicted molar refractivity (Wildman–Crippen MR) is 72.1 cm³/mol. The Bertz CT molecular complexity index is 280. The first-order valence-corrected chi connectivity index (χ1v) is 6.80. The lowest BCUT2D eigenvalue weighted by Crippen LogP contribution is -2.43. The molecule has 0 radical (unpaired) electrons. The fraction of sp³-hybridized carbons (Fsp3) is 0.786. The molecule has 0 aliphatic heterocycles. The summed E-state index contributed by atoms with van der Waals surface area (Å²) in [4.78, 5) is 11.5. The molecular weight excluding hydrogens is 228 g/mol. The van der Waals surface area contributed by atoms with E-state index < -0.39 is 0 Å². The minimum absolute atomic E-state index is 0.0642. The Morgan fingerprint density at radius 1 is 1.44 bits per heavy atom. The molecule has 0 aromatic heterocycles. The van der Waals surface area contributed by atoms with Crippen molar-refractivity contribution in [3.05, 3.63) is 0 Å². The van der Waals surface area contributed by atoms with Crippen molar-refractivity contribution in [2.24, 2.45) is 0 Å². The molecule has 1 fully saturated rings. The fourth-order valence-corrected chi connectivity index (χ4v) is 2.12. The molecule has 4 nitrogen and oxygen atoms in total. The van der Waals surface area contributed by atoms with Gasteiger partial charge in [-0.2, -0.15) is 0 Å². The average Bonchev–Trinajstić information content (AvgIpc) is 2.41. The Balaban J connectivity index is 2.02. The van der Waals surface area contributed by atoms with Crippen molar-refractivity contribution < 1.29 is 9.53 Å². The largest absolute Gasteiger partial charge is 0.377 e. The minimum atomic E-state index is -0.228. The van der Waals surface area contributed by atoms with Crippen LogP contribution in [0.25, 0.3) is 0 Å². The summed E-state index contributed by atoms with van der Waals surface area (Å²) < 4.78 is 5.77. The lowest BCUT2D eigenvalue weighted by atomic mass is 9.98. The van der Waals surface area contributed by atoms with Crippen LogP contribution in [0, 0.1) is 12.3 Å². The predicted octanol–water partition coefficient (Wildman–Crippen LogP) is 1.06. The quantitative estimate of drug-likeness (QED) is 0.526. The van der Waals surface area contributed by atoms with Crippen LogP contribution in [0.4, 0.5) is 0 Å². The highest BCUT2D eigenvalue weighted by Gasteiger charge is 2.14. The Morgan fingerprint density at radius 2 is 2.17 bits per heavy atom. The van der Waals surface area contributed by atoms with Gasteiger partial charge < -0.3 is 15.4 Å². The zero-order valence-corrected chi connectivity index (χ0v) is 11.2. The Kier molecular flexibility index (Phi) is 7.47. The molecule has 1 aliphatic carbocycles. The molecular formula is C14H24N2O2. The summed E-state index contributed by atoms with van der Waals surface area (Å²) in [5.74, 6) is 2.32. The molecule has 0 bridgehead atoms. The molecule has 1 unspecified atom stereocenters. The highest BCUT2D eigenvalue weighted by molar-refractivity contribution is 5.81. The van der Waals surface area contributed by atoms with Gasteiger partial charge in [-0.3, -0.25) is 4.79 Å². The van der Waals surface area contributed by atoms with E-state index in [2.05, 4.69) is 16.6 Å². The van der Waals surface area contributed by atoms with Crippen molar-refractivity contribution >= 4 is 5.91 Å². The SMILES string of the molecule is C#CCNC(=O)C(C)NCCOC1CCCCC1. The summed E-state index contributed by atoms with van der Waals surface area (Å²) in [7, 11) is 0. The molecule has 0 saturated heterocycles. The van der Waals surface area contributed by atoms with Crippen molar-refractivity contribution in [1.29, 1.82) is 0 Å². The third kappa shape index (κ3) is 6.04. The highest BCUT2D eigenvalue weighted by atomic mass is 16.5. The summed E-state index contributed by atoms with van der Waals surface area (Å²) in [5, 5.41) is 5.77. The van der Waals surface area contributed by atoms with E-state index in [9.17, 15) is 4.79 Å². The monoisotopic (exact) mass is 252 g/mol. The number of hydrogen-bond acceptors (Lipinski definition) is 3. The van der Waals surface area contributed by atoms with Gasteiger partial charge in [-0.1, -0.05) is 25.2 Å². The fourth-order valence-electron chi connectivity index (χ4n) is 2.12. The van der Waals surface area contributed by atoms with Gasteiger partial charge in [-0.15, -0.1) is 6.42 Å². The van der Waals surface area contributed by atoms with Crippen molar-refractivity contribution in [3.63, 3.8) is 0 Å². The second-order valence-electron chi connectivity index (χ2n) is 4.73. The summed E-state index contributed by atoms with van der Waals surface area (Å²) in [6.07, 6.45) is 11.8. The van der Waals surface area contributed by atoms with Crippen molar-refractivity contribution in [3.8, 4) is 12.3 Å². The standard InChI is InChI=1S/C14H24N2O2/c1-3-9-16-14(17)12(2)15-10-11-18-13-7-5-4-6-8-13/h1,12-13,15H,4-11H2,2H3,(H,16,17). The van der Waals surface area contributed by atoms with E-state index in [-0.39, 0.29) is 18.5 Å². The van der Waals surface area contributed by atoms with Crippen LogP contribution >= 0.6 is 0 Å². The maximum absolute atomic E-state index is 11.5. The summed E-state index contributed by atoms with van der Waals surface area (Å²) in [5.41, 5.74) is 0. The van der Waals surface area contributed by atoms with Crippen LogP contribution in [0.3, 0.4) is 0 Å². The summed E-state index contributed by atoms with van der Waals surface area (Å²) >= 11 is 0. The third-order valence-corrected chi connectivity index (χ3v) is 3.22. The molecule has 2 N–H and O–H groups in total. The van der Waals surface area contributed by atoms with Gasteiger partial charge in [0.15, 0.2) is 0 Å². The van der Waals surface area contributed by atoms with Crippen molar-refractivity contribution in [2.75, 3.05) is 19.7 Å². The number of amides is 1. The van der Waals surface area contributed by atoms with Crippen LogP contribution in [-0.4, -0.2) is 37.7 Å². The molecule has 18 heavy (non-hydrogen) atoms. The van der Waals surface area contributed by atoms with Crippen LogP contribution in [0.5, 0.6) is 0 Å². The van der Waals surface area contributed by atoms with E-state index in [1.807, 2.05) is 6.92 Å². The Labute approximate surface area is 110 Å². The van der Waals surface area contributed by atoms with E-state index in [4.69, 9.17) is 11.2 Å². The number of terminal acetylenes is 1. The van der Waals surface area contributed by atoms with Crippen molar-refractivity contribution in [2.45, 2.75) is 51.2 Å². The van der Waals surface area contributed by atoms with Crippen LogP contribution in [0.2, 0.25) is 0 Å². The van der Waals surface area contributed by atoms with E-state index >= 15 is 0 Å². The van der Waals surface area contributed by atoms with E-state index in [0.717, 1.165) is 0 Å². The maximum atomic E-state index is 11.5. The maximum Gasteiger partial charge on any atom is 0.237 e. The normalized spacial score (nSPS) is 18.0. The number of rotatable bonds is 7. The molecule has 1 aliphatic rings. The number of carbonyl (C=O) groups excluding carboxylic acids is 1.